The molecule has 1 aromatic carbocycles. The summed E-state index contributed by atoms with van der Waals surface area (Å²) in [5.74, 6) is -1.95. The minimum Gasteiger partial charge on any atom is -0.336 e. The molecule has 22 heavy (non-hydrogen) atoms. The fourth-order valence-electron chi connectivity index (χ4n) is 2.66. The summed E-state index contributed by atoms with van der Waals surface area (Å²) in [5, 5.41) is 7.21. The predicted molar refractivity (Wildman–Crippen MR) is 75.0 cm³/mol. The number of benzene rings is 1. The minimum atomic E-state index is -0.939. The molecule has 0 saturated heterocycles. The first-order chi connectivity index (χ1) is 10.5. The normalized spacial score (nSPS) is 14.0. The van der Waals surface area contributed by atoms with E-state index in [4.69, 9.17) is 0 Å². The first-order valence-electron chi connectivity index (χ1n) is 6.63. The lowest BCUT2D eigenvalue weighted by atomic mass is 10.1. The minimum absolute atomic E-state index is 0.0750. The summed E-state index contributed by atoms with van der Waals surface area (Å²) >= 11 is 0. The molecule has 0 spiro atoms. The Morgan fingerprint density at radius 2 is 2.00 bits per heavy atom. The number of amides is 1. The number of pyridine rings is 1. The Labute approximate surface area is 123 Å². The summed E-state index contributed by atoms with van der Waals surface area (Å²) in [6.07, 6.45) is 0. The van der Waals surface area contributed by atoms with Gasteiger partial charge >= 0.3 is 0 Å². The van der Waals surface area contributed by atoms with Gasteiger partial charge in [0.2, 0.25) is 0 Å². The van der Waals surface area contributed by atoms with Crippen LogP contribution in [-0.4, -0.2) is 33.0 Å². The summed E-state index contributed by atoms with van der Waals surface area (Å²) in [5.41, 5.74) is 2.55. The molecule has 1 aliphatic rings. The van der Waals surface area contributed by atoms with Gasteiger partial charge < -0.3 is 4.90 Å². The number of carbonyl (C=O) groups excluding carboxylic acids is 1. The van der Waals surface area contributed by atoms with Gasteiger partial charge in [0, 0.05) is 18.5 Å². The molecule has 1 N–H and O–H groups in total. The number of nitrogens with one attached hydrogen (secondary N) is 1. The zero-order valence-electron chi connectivity index (χ0n) is 11.5. The zero-order chi connectivity index (χ0) is 15.4. The van der Waals surface area contributed by atoms with Gasteiger partial charge in [-0.3, -0.25) is 9.89 Å². The Morgan fingerprint density at radius 1 is 1.23 bits per heavy atom. The molecular formula is C15H10F2N4O. The van der Waals surface area contributed by atoms with Gasteiger partial charge in [0.1, 0.15) is 5.69 Å². The van der Waals surface area contributed by atoms with Crippen LogP contribution in [0.15, 0.2) is 24.3 Å². The first kappa shape index (κ1) is 12.9. The molecular weight excluding hydrogens is 290 g/mol. The number of fused-ring (bicyclic) bond motifs is 2. The maximum atomic E-state index is 13.5. The summed E-state index contributed by atoms with van der Waals surface area (Å²) in [7, 11) is 1.70. The number of nitrogens with zero attached hydrogens (tertiary/aromatic N) is 3. The van der Waals surface area contributed by atoms with E-state index < -0.39 is 11.6 Å². The molecule has 1 amide bonds. The molecule has 0 bridgehead atoms. The van der Waals surface area contributed by atoms with Crippen molar-refractivity contribution in [2.45, 2.75) is 6.54 Å². The van der Waals surface area contributed by atoms with Crippen LogP contribution in [-0.2, 0) is 6.54 Å². The molecule has 0 aliphatic carbocycles. The number of hydrogen-bond acceptors (Lipinski definition) is 3. The predicted octanol–water partition coefficient (Wildman–Crippen LogP) is 2.49. The standard InChI is InChI=1S/C15H10F2N4O/c1-21-6-13-7(15(21)22)2-3-11(18-13)14-8-4-9(16)10(17)5-12(8)19-20-14/h2-5H,6H2,1H3,(H,19,20). The molecule has 110 valence electrons. The highest BCUT2D eigenvalue weighted by Gasteiger charge is 2.26. The number of H-pyrrole nitrogens is 1. The molecule has 0 fully saturated rings. The Balaban J connectivity index is 1.88. The zero-order valence-corrected chi connectivity index (χ0v) is 11.5. The Bertz CT molecular complexity index is 935. The second-order valence-corrected chi connectivity index (χ2v) is 5.24. The van der Waals surface area contributed by atoms with E-state index in [2.05, 4.69) is 15.2 Å². The number of halogens is 2. The molecule has 0 radical (unpaired) electrons. The van der Waals surface area contributed by atoms with Crippen molar-refractivity contribution in [2.75, 3.05) is 7.05 Å². The van der Waals surface area contributed by atoms with E-state index in [1.807, 2.05) is 0 Å². The van der Waals surface area contributed by atoms with E-state index in [9.17, 15) is 13.6 Å². The highest BCUT2D eigenvalue weighted by Crippen LogP contribution is 2.29. The van der Waals surface area contributed by atoms with Crippen LogP contribution in [0.3, 0.4) is 0 Å². The molecule has 1 aliphatic heterocycles. The smallest absolute Gasteiger partial charge is 0.255 e. The van der Waals surface area contributed by atoms with Crippen LogP contribution in [0.4, 0.5) is 8.78 Å². The van der Waals surface area contributed by atoms with Crippen molar-refractivity contribution in [2.24, 2.45) is 0 Å². The summed E-state index contributed by atoms with van der Waals surface area (Å²) < 4.78 is 26.7. The van der Waals surface area contributed by atoms with Crippen molar-refractivity contribution < 1.29 is 13.6 Å². The second kappa shape index (κ2) is 4.33. The molecule has 7 heteroatoms. The average Bonchev–Trinajstić information content (AvgIpc) is 3.01. The van der Waals surface area contributed by atoms with Crippen molar-refractivity contribution in [1.82, 2.24) is 20.1 Å². The lowest BCUT2D eigenvalue weighted by Gasteiger charge is -2.04. The van der Waals surface area contributed by atoms with Crippen LogP contribution < -0.4 is 0 Å². The van der Waals surface area contributed by atoms with Gasteiger partial charge in [0.05, 0.1) is 29.0 Å². The molecule has 0 unspecified atom stereocenters. The first-order valence-corrected chi connectivity index (χ1v) is 6.63. The van der Waals surface area contributed by atoms with E-state index in [-0.39, 0.29) is 5.91 Å². The molecule has 0 atom stereocenters. The van der Waals surface area contributed by atoms with Crippen molar-refractivity contribution in [3.8, 4) is 11.4 Å². The van der Waals surface area contributed by atoms with E-state index in [1.54, 1.807) is 24.1 Å². The van der Waals surface area contributed by atoms with Gasteiger partial charge in [0.15, 0.2) is 11.6 Å². The fourth-order valence-corrected chi connectivity index (χ4v) is 2.66. The molecule has 5 nitrogen and oxygen atoms in total. The molecule has 2 aromatic heterocycles. The van der Waals surface area contributed by atoms with Crippen LogP contribution in [0.2, 0.25) is 0 Å². The number of hydrogen-bond donors (Lipinski definition) is 1. The van der Waals surface area contributed by atoms with Gasteiger partial charge in [-0.15, -0.1) is 0 Å². The summed E-state index contributed by atoms with van der Waals surface area (Å²) in [6, 6.07) is 5.50. The van der Waals surface area contributed by atoms with Gasteiger partial charge in [-0.1, -0.05) is 0 Å². The highest BCUT2D eigenvalue weighted by molar-refractivity contribution is 5.98. The molecule has 3 aromatic rings. The number of aromatic nitrogens is 3. The summed E-state index contributed by atoms with van der Waals surface area (Å²) in [4.78, 5) is 17.9. The Kier molecular flexibility index (Phi) is 2.53. The Hall–Kier alpha value is -2.83. The van der Waals surface area contributed by atoms with Gasteiger partial charge in [-0.25, -0.2) is 13.8 Å². The third-order valence-electron chi connectivity index (χ3n) is 3.78. The van der Waals surface area contributed by atoms with Gasteiger partial charge in [0.25, 0.3) is 5.91 Å². The average molecular weight is 300 g/mol. The fraction of sp³-hybridized carbons (Fsp3) is 0.133. The van der Waals surface area contributed by atoms with E-state index in [1.165, 1.54) is 0 Å². The molecule has 4 rings (SSSR count). The molecule has 3 heterocycles. The highest BCUT2D eigenvalue weighted by atomic mass is 19.2. The lowest BCUT2D eigenvalue weighted by molar-refractivity contribution is 0.0816. The number of carbonyl (C=O) groups is 1. The maximum absolute atomic E-state index is 13.5. The van der Waals surface area contributed by atoms with E-state index in [0.29, 0.717) is 40.1 Å². The third-order valence-corrected chi connectivity index (χ3v) is 3.78. The van der Waals surface area contributed by atoms with Crippen molar-refractivity contribution in [1.29, 1.82) is 0 Å². The van der Waals surface area contributed by atoms with Crippen LogP contribution in [0, 0.1) is 11.6 Å². The van der Waals surface area contributed by atoms with Gasteiger partial charge in [-0.05, 0) is 18.2 Å². The van der Waals surface area contributed by atoms with Crippen molar-refractivity contribution >= 4 is 16.8 Å². The quantitative estimate of drug-likeness (QED) is 0.751. The summed E-state index contributed by atoms with van der Waals surface area (Å²) in [6.45, 7) is 0.424. The monoisotopic (exact) mass is 300 g/mol. The van der Waals surface area contributed by atoms with Crippen LogP contribution >= 0.6 is 0 Å². The van der Waals surface area contributed by atoms with Gasteiger partial charge in [-0.2, -0.15) is 5.10 Å². The van der Waals surface area contributed by atoms with E-state index >= 15 is 0 Å². The topological polar surface area (TPSA) is 61.9 Å². The number of rotatable bonds is 1. The maximum Gasteiger partial charge on any atom is 0.255 e. The Morgan fingerprint density at radius 3 is 2.82 bits per heavy atom. The van der Waals surface area contributed by atoms with Crippen LogP contribution in [0.1, 0.15) is 16.1 Å². The third kappa shape index (κ3) is 1.71. The SMILES string of the molecule is CN1Cc2nc(-c3n[nH]c4cc(F)c(F)cc34)ccc2C1=O. The van der Waals surface area contributed by atoms with E-state index in [0.717, 1.165) is 12.1 Å². The molecule has 0 saturated carbocycles. The van der Waals surface area contributed by atoms with Crippen molar-refractivity contribution in [3.05, 3.63) is 47.2 Å². The van der Waals surface area contributed by atoms with Crippen molar-refractivity contribution in [3.63, 3.8) is 0 Å². The van der Waals surface area contributed by atoms with Crippen LogP contribution in [0.25, 0.3) is 22.3 Å². The number of aromatic amines is 1. The van der Waals surface area contributed by atoms with Crippen LogP contribution in [0.5, 0.6) is 0 Å². The largest absolute Gasteiger partial charge is 0.336 e. The lowest BCUT2D eigenvalue weighted by Crippen LogP contribution is -2.17. The second-order valence-electron chi connectivity index (χ2n) is 5.24.